The van der Waals surface area contributed by atoms with Gasteiger partial charge in [-0.25, -0.2) is 4.79 Å². The van der Waals surface area contributed by atoms with Crippen LogP contribution in [0.2, 0.25) is 0 Å². The van der Waals surface area contributed by atoms with E-state index in [1.165, 1.54) is 0 Å². The molecule has 0 bridgehead atoms. The molecular weight excluding hydrogens is 402 g/mol. The minimum absolute atomic E-state index is 0.352. The van der Waals surface area contributed by atoms with Gasteiger partial charge in [0.15, 0.2) is 0 Å². The van der Waals surface area contributed by atoms with Crippen LogP contribution in [0.4, 0.5) is 4.79 Å². The fourth-order valence-corrected chi connectivity index (χ4v) is 4.13. The van der Waals surface area contributed by atoms with Crippen molar-refractivity contribution >= 4 is 17.8 Å². The van der Waals surface area contributed by atoms with Crippen LogP contribution in [0.1, 0.15) is 36.1 Å². The zero-order valence-corrected chi connectivity index (χ0v) is 17.8. The summed E-state index contributed by atoms with van der Waals surface area (Å²) in [7, 11) is 0. The Bertz CT molecular complexity index is 1060. The molecule has 1 unspecified atom stereocenters. The van der Waals surface area contributed by atoms with E-state index in [9.17, 15) is 14.4 Å². The first-order valence-electron chi connectivity index (χ1n) is 10.6. The van der Waals surface area contributed by atoms with Crippen molar-refractivity contribution in [3.05, 3.63) is 108 Å². The molecule has 0 spiro atoms. The molecule has 6 nitrogen and oxygen atoms in total. The van der Waals surface area contributed by atoms with Crippen LogP contribution in [0, 0.1) is 0 Å². The monoisotopic (exact) mass is 427 g/mol. The largest absolute Gasteiger partial charge is 0.344 e. The van der Waals surface area contributed by atoms with E-state index in [0.717, 1.165) is 16.0 Å². The lowest BCUT2D eigenvalue weighted by Crippen LogP contribution is -2.45. The van der Waals surface area contributed by atoms with E-state index < -0.39 is 29.4 Å². The predicted octanol–water partition coefficient (Wildman–Crippen LogP) is 3.75. The Labute approximate surface area is 187 Å². The second kappa shape index (κ2) is 9.06. The van der Waals surface area contributed by atoms with E-state index in [-0.39, 0.29) is 6.54 Å². The summed E-state index contributed by atoms with van der Waals surface area (Å²) in [6.45, 7) is 1.49. The van der Waals surface area contributed by atoms with E-state index in [0.29, 0.717) is 12.0 Å². The number of rotatable bonds is 7. The summed E-state index contributed by atoms with van der Waals surface area (Å²) in [6, 6.07) is 27.4. The molecule has 2 N–H and O–H groups in total. The smallest absolute Gasteiger partial charge is 0.325 e. The lowest BCUT2D eigenvalue weighted by atomic mass is 9.87. The molecule has 32 heavy (non-hydrogen) atoms. The number of hydrogen-bond acceptors (Lipinski definition) is 3. The quantitative estimate of drug-likeness (QED) is 0.564. The number of benzene rings is 3. The summed E-state index contributed by atoms with van der Waals surface area (Å²) >= 11 is 0. The van der Waals surface area contributed by atoms with E-state index >= 15 is 0 Å². The number of hydrogen-bond donors (Lipinski definition) is 2. The van der Waals surface area contributed by atoms with Gasteiger partial charge < -0.3 is 10.6 Å². The Hall–Kier alpha value is -3.93. The van der Waals surface area contributed by atoms with Crippen molar-refractivity contribution in [1.29, 1.82) is 0 Å². The zero-order valence-electron chi connectivity index (χ0n) is 17.8. The van der Waals surface area contributed by atoms with Crippen LogP contribution in [-0.2, 0) is 15.1 Å². The van der Waals surface area contributed by atoms with Crippen LogP contribution in [0.25, 0.3) is 0 Å². The Kier molecular flexibility index (Phi) is 6.03. The molecule has 0 saturated carbocycles. The van der Waals surface area contributed by atoms with Crippen molar-refractivity contribution in [2.45, 2.75) is 24.9 Å². The maximum Gasteiger partial charge on any atom is 0.325 e. The maximum absolute atomic E-state index is 13.3. The second-order valence-electron chi connectivity index (χ2n) is 7.77. The molecule has 1 aliphatic heterocycles. The molecule has 1 saturated heterocycles. The first-order valence-corrected chi connectivity index (χ1v) is 10.6. The maximum atomic E-state index is 13.3. The summed E-state index contributed by atoms with van der Waals surface area (Å²) < 4.78 is 0. The van der Waals surface area contributed by atoms with Crippen LogP contribution >= 0.6 is 0 Å². The normalized spacial score (nSPS) is 18.0. The third-order valence-electron chi connectivity index (χ3n) is 5.85. The van der Waals surface area contributed by atoms with E-state index in [1.54, 1.807) is 0 Å². The van der Waals surface area contributed by atoms with Crippen molar-refractivity contribution in [2.75, 3.05) is 6.54 Å². The van der Waals surface area contributed by atoms with Crippen molar-refractivity contribution in [3.8, 4) is 0 Å². The van der Waals surface area contributed by atoms with E-state index in [1.807, 2.05) is 97.9 Å². The Morgan fingerprint density at radius 1 is 0.875 bits per heavy atom. The molecule has 0 radical (unpaired) electrons. The summed E-state index contributed by atoms with van der Waals surface area (Å²) in [5, 5.41) is 5.80. The number of nitrogens with zero attached hydrogens (tertiary/aromatic N) is 1. The molecule has 4 amide bonds. The van der Waals surface area contributed by atoms with Gasteiger partial charge in [0.2, 0.25) is 5.91 Å². The first-order chi connectivity index (χ1) is 15.5. The first kappa shape index (κ1) is 21.3. The number of carbonyl (C=O) groups excluding carboxylic acids is 3. The van der Waals surface area contributed by atoms with Gasteiger partial charge in [0.25, 0.3) is 5.91 Å². The molecule has 1 atom stereocenters. The minimum atomic E-state index is -1.16. The van der Waals surface area contributed by atoms with E-state index in [2.05, 4.69) is 10.6 Å². The highest BCUT2D eigenvalue weighted by Crippen LogP contribution is 2.32. The van der Waals surface area contributed by atoms with Crippen molar-refractivity contribution in [2.24, 2.45) is 0 Å². The van der Waals surface area contributed by atoms with Gasteiger partial charge in [-0.05, 0) is 23.1 Å². The molecule has 0 aromatic heterocycles. The Morgan fingerprint density at radius 2 is 1.38 bits per heavy atom. The average molecular weight is 428 g/mol. The van der Waals surface area contributed by atoms with Crippen molar-refractivity contribution in [3.63, 3.8) is 0 Å². The van der Waals surface area contributed by atoms with Gasteiger partial charge in [0.1, 0.15) is 12.1 Å². The van der Waals surface area contributed by atoms with E-state index in [4.69, 9.17) is 0 Å². The molecule has 6 heteroatoms. The molecule has 3 aromatic carbocycles. The van der Waals surface area contributed by atoms with Gasteiger partial charge in [-0.1, -0.05) is 97.9 Å². The highest BCUT2D eigenvalue weighted by Gasteiger charge is 2.51. The third-order valence-corrected chi connectivity index (χ3v) is 5.85. The molecule has 1 aliphatic rings. The lowest BCUT2D eigenvalue weighted by Gasteiger charge is -2.26. The molecule has 162 valence electrons. The highest BCUT2D eigenvalue weighted by atomic mass is 16.2. The third kappa shape index (κ3) is 3.99. The number of imide groups is 1. The number of urea groups is 1. The minimum Gasteiger partial charge on any atom is -0.344 e. The molecule has 1 heterocycles. The van der Waals surface area contributed by atoms with Crippen LogP contribution < -0.4 is 10.6 Å². The summed E-state index contributed by atoms with van der Waals surface area (Å²) in [4.78, 5) is 40.0. The number of amides is 4. The van der Waals surface area contributed by atoms with Gasteiger partial charge >= 0.3 is 6.03 Å². The van der Waals surface area contributed by atoms with Gasteiger partial charge in [-0.15, -0.1) is 0 Å². The van der Waals surface area contributed by atoms with Gasteiger partial charge in [0.05, 0.1) is 6.04 Å². The highest BCUT2D eigenvalue weighted by molar-refractivity contribution is 6.09. The summed E-state index contributed by atoms with van der Waals surface area (Å²) in [5.41, 5.74) is 1.37. The number of carbonyl (C=O) groups is 3. The van der Waals surface area contributed by atoms with Crippen LogP contribution in [0.3, 0.4) is 0 Å². The fourth-order valence-electron chi connectivity index (χ4n) is 4.13. The van der Waals surface area contributed by atoms with Gasteiger partial charge in [-0.2, -0.15) is 0 Å². The standard InChI is InChI=1S/C26H25N3O3/c1-2-26(21-16-10-5-11-17-21)24(31)29(25(32)28-26)18-22(30)27-23(19-12-6-3-7-13-19)20-14-8-4-9-15-20/h3-17,23H,2,18H2,1H3,(H,27,30)(H,28,32). The zero-order chi connectivity index (χ0) is 22.6. The SMILES string of the molecule is CCC1(c2ccccc2)NC(=O)N(CC(=O)NC(c2ccccc2)c2ccccc2)C1=O. The van der Waals surface area contributed by atoms with Gasteiger partial charge in [-0.3, -0.25) is 14.5 Å². The lowest BCUT2D eigenvalue weighted by molar-refractivity contribution is -0.135. The fraction of sp³-hybridized carbons (Fsp3) is 0.192. The van der Waals surface area contributed by atoms with Crippen molar-refractivity contribution in [1.82, 2.24) is 15.5 Å². The van der Waals surface area contributed by atoms with Crippen LogP contribution in [0.5, 0.6) is 0 Å². The Balaban J connectivity index is 1.55. The molecule has 4 rings (SSSR count). The average Bonchev–Trinajstić information content (AvgIpc) is 3.09. The summed E-state index contributed by atoms with van der Waals surface area (Å²) in [5.74, 6) is -0.825. The Morgan fingerprint density at radius 3 is 1.88 bits per heavy atom. The molecule has 1 fully saturated rings. The predicted molar refractivity (Wildman–Crippen MR) is 122 cm³/mol. The molecule has 3 aromatic rings. The molecular formula is C26H25N3O3. The van der Waals surface area contributed by atoms with Crippen LogP contribution in [0.15, 0.2) is 91.0 Å². The van der Waals surface area contributed by atoms with Crippen LogP contribution in [-0.4, -0.2) is 29.3 Å². The second-order valence-corrected chi connectivity index (χ2v) is 7.77. The van der Waals surface area contributed by atoms with Crippen molar-refractivity contribution < 1.29 is 14.4 Å². The topological polar surface area (TPSA) is 78.5 Å². The van der Waals surface area contributed by atoms with Gasteiger partial charge in [0, 0.05) is 0 Å². The number of nitrogens with one attached hydrogen (secondary N) is 2. The summed E-state index contributed by atoms with van der Waals surface area (Å²) in [6.07, 6.45) is 0.385. The molecule has 0 aliphatic carbocycles.